The van der Waals surface area contributed by atoms with Crippen LogP contribution in [0.4, 0.5) is 11.4 Å². The highest BCUT2D eigenvalue weighted by atomic mass is 31.2. The van der Waals surface area contributed by atoms with Gasteiger partial charge in [-0.05, 0) is 113 Å². The smallest absolute Gasteiger partial charge is 0.453 e. The first-order chi connectivity index (χ1) is 33.9. The van der Waals surface area contributed by atoms with E-state index in [1.807, 2.05) is 125 Å². The number of carbonyl (C=O) groups is 1. The van der Waals surface area contributed by atoms with Gasteiger partial charge in [0.1, 0.15) is 45.4 Å². The van der Waals surface area contributed by atoms with Gasteiger partial charge < -0.3 is 50.4 Å². The van der Waals surface area contributed by atoms with Gasteiger partial charge in [0.15, 0.2) is 23.0 Å². The van der Waals surface area contributed by atoms with Crippen molar-refractivity contribution in [1.29, 1.82) is 0 Å². The van der Waals surface area contributed by atoms with Crippen LogP contribution in [0.15, 0.2) is 112 Å². The van der Waals surface area contributed by atoms with E-state index in [-0.39, 0.29) is 11.5 Å². The number of ether oxygens (including phenoxy) is 6. The largest absolute Gasteiger partial charge is 0.497 e. The molecule has 1 unspecified atom stereocenters. The van der Waals surface area contributed by atoms with Crippen molar-refractivity contribution in [1.82, 2.24) is 0 Å². The molecule has 0 radical (unpaired) electrons. The van der Waals surface area contributed by atoms with E-state index in [1.54, 1.807) is 52.7 Å². The van der Waals surface area contributed by atoms with E-state index in [9.17, 15) is 4.79 Å². The number of para-hydroxylation sites is 2. The highest BCUT2D eigenvalue weighted by molar-refractivity contribution is 7.51. The van der Waals surface area contributed by atoms with Gasteiger partial charge >= 0.3 is 22.7 Å². The minimum Gasteiger partial charge on any atom is -0.497 e. The monoisotopic (exact) mass is 1020 g/mol. The normalized spacial score (nSPS) is 14.1. The molecule has 1 aromatic heterocycles. The molecule has 0 aliphatic carbocycles. The highest BCUT2D eigenvalue weighted by Gasteiger charge is 2.40. The van der Waals surface area contributed by atoms with Crippen LogP contribution in [-0.4, -0.2) is 45.6 Å². The Labute approximate surface area is 424 Å². The fourth-order valence-electron chi connectivity index (χ4n) is 8.24. The summed E-state index contributed by atoms with van der Waals surface area (Å²) in [5.74, 6) is 2.71. The average molecular weight is 1020 g/mol. The molecule has 0 saturated heterocycles. The van der Waals surface area contributed by atoms with Crippen LogP contribution in [0.3, 0.4) is 0 Å². The van der Waals surface area contributed by atoms with Gasteiger partial charge in [-0.3, -0.25) is 4.67 Å². The summed E-state index contributed by atoms with van der Waals surface area (Å²) in [6.45, 7) is 24.4. The van der Waals surface area contributed by atoms with Crippen molar-refractivity contribution in [2.75, 3.05) is 33.1 Å². The molecule has 1 atom stereocenters. The maximum atomic E-state index is 14.0. The number of hydrogen-bond acceptors (Lipinski definition) is 13. The zero-order valence-corrected chi connectivity index (χ0v) is 45.8. The van der Waals surface area contributed by atoms with E-state index in [1.165, 1.54) is 0 Å². The van der Waals surface area contributed by atoms with Crippen molar-refractivity contribution in [3.8, 4) is 57.1 Å². The van der Waals surface area contributed by atoms with E-state index in [4.69, 9.17) is 50.4 Å². The Morgan fingerprint density at radius 3 is 1.36 bits per heavy atom. The Balaban J connectivity index is 1.48. The summed E-state index contributed by atoms with van der Waals surface area (Å²) in [5.41, 5.74) is 3.12. The minimum absolute atomic E-state index is 0.222. The summed E-state index contributed by atoms with van der Waals surface area (Å²) in [6, 6.07) is 32.0. The standard InChI is InChI=1S/C57H65NO12P2/c1-54(2,3)44-30-35(60-13)26-40-41-27-36(61-14)31-45(55(4,5)6)50(41)68-72(67-49(40)44)69-52-43(29-38(63-16)33-48(52)65-57(10,11)12)42-28-37(62-15)32-47(64-56(7,8)9)51(42)66-71-58(34-22-18-17-19-23-34)46-25-21-20-24-39(46)53(59)70-71/h17-33H,1-16H3. The summed E-state index contributed by atoms with van der Waals surface area (Å²) in [5, 5.41) is 1.49. The summed E-state index contributed by atoms with van der Waals surface area (Å²) >= 11 is 0. The second kappa shape index (κ2) is 19.7. The molecule has 0 bridgehead atoms. The Morgan fingerprint density at radius 1 is 0.486 bits per heavy atom. The van der Waals surface area contributed by atoms with Crippen LogP contribution in [0.5, 0.6) is 46.0 Å². The van der Waals surface area contributed by atoms with Crippen molar-refractivity contribution in [3.05, 3.63) is 120 Å². The molecule has 0 N–H and O–H groups in total. The van der Waals surface area contributed by atoms with Crippen molar-refractivity contribution in [2.24, 2.45) is 0 Å². The molecule has 2 heterocycles. The fraction of sp³-hybridized carbons (Fsp3) is 0.351. The van der Waals surface area contributed by atoms with E-state index in [0.717, 1.165) is 27.6 Å². The summed E-state index contributed by atoms with van der Waals surface area (Å²) in [7, 11) is 1.80. The lowest BCUT2D eigenvalue weighted by molar-refractivity contribution is 0.0733. The number of carbonyl (C=O) groups excluding carboxylic acids is 1. The van der Waals surface area contributed by atoms with Crippen LogP contribution in [0.2, 0.25) is 0 Å². The maximum Gasteiger partial charge on any atom is 0.453 e. The van der Waals surface area contributed by atoms with Crippen molar-refractivity contribution in [3.63, 3.8) is 0 Å². The van der Waals surface area contributed by atoms with Crippen molar-refractivity contribution >= 4 is 56.0 Å². The zero-order chi connectivity index (χ0) is 52.1. The molecule has 0 fully saturated rings. The fourth-order valence-corrected chi connectivity index (χ4v) is 10.8. The molecule has 13 nitrogen and oxygen atoms in total. The molecule has 0 amide bonds. The van der Waals surface area contributed by atoms with Gasteiger partial charge in [-0.25, -0.2) is 4.79 Å². The first-order valence-corrected chi connectivity index (χ1v) is 25.9. The summed E-state index contributed by atoms with van der Waals surface area (Å²) < 4.78 is 74.6. The topological polar surface area (TPSA) is 130 Å². The third kappa shape index (κ3) is 10.9. The lowest BCUT2D eigenvalue weighted by Gasteiger charge is -2.36. The van der Waals surface area contributed by atoms with Crippen LogP contribution in [0.25, 0.3) is 33.1 Å². The minimum atomic E-state index is -2.40. The molecular formula is C57H65NO12P2. The van der Waals surface area contributed by atoms with Gasteiger partial charge in [-0.2, -0.15) is 0 Å². The number of hydrogen-bond donors (Lipinski definition) is 0. The van der Waals surface area contributed by atoms with Crippen LogP contribution in [-0.2, 0) is 15.4 Å². The maximum absolute atomic E-state index is 14.0. The molecule has 15 heteroatoms. The molecule has 1 aliphatic heterocycles. The van der Waals surface area contributed by atoms with E-state index in [2.05, 4.69) is 41.5 Å². The number of methoxy groups -OCH3 is 4. The van der Waals surface area contributed by atoms with E-state index in [0.29, 0.717) is 68.0 Å². The van der Waals surface area contributed by atoms with E-state index >= 15 is 0 Å². The number of anilines is 2. The zero-order valence-electron chi connectivity index (χ0n) is 44.1. The van der Waals surface area contributed by atoms with Gasteiger partial charge in [0.25, 0.3) is 0 Å². The Kier molecular flexibility index (Phi) is 14.2. The molecule has 7 aromatic rings. The Hall–Kier alpha value is -6.68. The third-order valence-electron chi connectivity index (χ3n) is 11.5. The highest BCUT2D eigenvalue weighted by Crippen LogP contribution is 2.60. The second-order valence-electron chi connectivity index (χ2n) is 21.4. The Morgan fingerprint density at radius 2 is 0.917 bits per heavy atom. The Bertz CT molecular complexity index is 3110. The van der Waals surface area contributed by atoms with Crippen LogP contribution >= 0.6 is 16.8 Å². The number of rotatable bonds is 12. The van der Waals surface area contributed by atoms with Gasteiger partial charge in [-0.15, -0.1) is 0 Å². The number of benzene rings is 6. The molecule has 1 aliphatic rings. The quantitative estimate of drug-likeness (QED) is 0.108. The van der Waals surface area contributed by atoms with Gasteiger partial charge in [0.2, 0.25) is 0 Å². The first-order valence-electron chi connectivity index (χ1n) is 23.7. The second-order valence-corrected chi connectivity index (χ2v) is 23.6. The molecule has 0 saturated carbocycles. The lowest BCUT2D eigenvalue weighted by atomic mass is 9.84. The number of nitrogens with zero attached hydrogens (tertiary/aromatic N) is 1. The summed E-state index contributed by atoms with van der Waals surface area (Å²) in [4.78, 5) is 14.0. The SMILES string of the molecule is COc1cc(OC(C)(C)C)c(OP2OC(=O)c3ccccc3N2c2ccccc2)c(-c2cc(OC)cc(OC(C)(C)C)c2Op2oc3c(C(C)(C)C)cc(OC)cc3c3cc(OC)cc(C(C)(C)C)c3o2)c1. The van der Waals surface area contributed by atoms with Gasteiger partial charge in [-0.1, -0.05) is 71.9 Å². The summed E-state index contributed by atoms with van der Waals surface area (Å²) in [6.07, 6.45) is 0. The molecule has 0 spiro atoms. The molecule has 8 rings (SSSR count). The van der Waals surface area contributed by atoms with Gasteiger partial charge in [0, 0.05) is 45.2 Å². The molecule has 380 valence electrons. The lowest BCUT2D eigenvalue weighted by Crippen LogP contribution is -2.26. The average Bonchev–Trinajstić information content (AvgIpc) is 3.46. The van der Waals surface area contributed by atoms with Crippen molar-refractivity contribution < 1.29 is 55.2 Å². The van der Waals surface area contributed by atoms with Crippen LogP contribution < -0.4 is 42.1 Å². The molecule has 6 aromatic carbocycles. The predicted molar refractivity (Wildman–Crippen MR) is 287 cm³/mol. The molecular weight excluding hydrogens is 953 g/mol. The first kappa shape index (κ1) is 51.7. The number of fused-ring (bicyclic) bond motifs is 4. The predicted octanol–water partition coefficient (Wildman–Crippen LogP) is 16.4. The van der Waals surface area contributed by atoms with E-state index < -0.39 is 44.8 Å². The van der Waals surface area contributed by atoms with Crippen molar-refractivity contribution in [2.45, 2.75) is 105 Å². The van der Waals surface area contributed by atoms with Gasteiger partial charge in [0.05, 0.1) is 45.4 Å². The van der Waals surface area contributed by atoms with Crippen LogP contribution in [0.1, 0.15) is 105 Å². The molecule has 72 heavy (non-hydrogen) atoms. The van der Waals surface area contributed by atoms with Crippen LogP contribution in [0, 0.1) is 0 Å². The third-order valence-corrected chi connectivity index (χ3v) is 13.9.